The Bertz CT molecular complexity index is 537. The van der Waals surface area contributed by atoms with Gasteiger partial charge in [0.25, 0.3) is 0 Å². The van der Waals surface area contributed by atoms with Crippen molar-refractivity contribution in [2.75, 3.05) is 26.3 Å². The predicted octanol–water partition coefficient (Wildman–Crippen LogP) is 1.25. The minimum atomic E-state index is -3.04. The number of nitrogens with zero attached hydrogens (tertiary/aromatic N) is 1. The zero-order valence-corrected chi connectivity index (χ0v) is 11.8. The van der Waals surface area contributed by atoms with E-state index >= 15 is 0 Å². The van der Waals surface area contributed by atoms with Gasteiger partial charge in [-0.2, -0.15) is 0 Å². The molecule has 104 valence electrons. The first-order valence-electron chi connectivity index (χ1n) is 6.72. The van der Waals surface area contributed by atoms with E-state index in [4.69, 9.17) is 4.74 Å². The smallest absolute Gasteiger partial charge is 0.163 e. The van der Waals surface area contributed by atoms with Gasteiger partial charge in [0.1, 0.15) is 5.25 Å². The molecule has 1 aromatic rings. The van der Waals surface area contributed by atoms with E-state index in [0.717, 1.165) is 18.7 Å². The molecule has 0 N–H and O–H groups in total. The Labute approximate surface area is 114 Å². The number of morpholine rings is 1. The molecule has 2 saturated heterocycles. The van der Waals surface area contributed by atoms with Crippen LogP contribution < -0.4 is 0 Å². The summed E-state index contributed by atoms with van der Waals surface area (Å²) in [6.07, 6.45) is 0. The maximum Gasteiger partial charge on any atom is 0.163 e. The molecule has 0 amide bonds. The van der Waals surface area contributed by atoms with E-state index in [0.29, 0.717) is 13.2 Å². The van der Waals surface area contributed by atoms with Gasteiger partial charge in [-0.3, -0.25) is 4.90 Å². The number of hydrogen-bond donors (Lipinski definition) is 0. The second kappa shape index (κ2) is 4.89. The van der Waals surface area contributed by atoms with Crippen molar-refractivity contribution in [2.24, 2.45) is 0 Å². The Morgan fingerprint density at radius 3 is 2.42 bits per heavy atom. The Morgan fingerprint density at radius 1 is 1.16 bits per heavy atom. The predicted molar refractivity (Wildman–Crippen MR) is 73.7 cm³/mol. The van der Waals surface area contributed by atoms with Crippen molar-refractivity contribution in [1.82, 2.24) is 4.90 Å². The topological polar surface area (TPSA) is 46.6 Å². The summed E-state index contributed by atoms with van der Waals surface area (Å²) in [4.78, 5) is 2.27. The molecule has 3 atom stereocenters. The molecule has 1 aromatic carbocycles. The lowest BCUT2D eigenvalue weighted by Gasteiger charge is -2.49. The maximum atomic E-state index is 12.3. The largest absolute Gasteiger partial charge is 0.379 e. The standard InChI is InChI=1S/C14H19NO3S/c1-11-13(15-7-9-18-10-8-15)14(19(11,16)17)12-5-3-2-4-6-12/h2-6,11,13-14H,7-10H2,1H3. The first-order chi connectivity index (χ1) is 9.12. The molecule has 2 aliphatic rings. The van der Waals surface area contributed by atoms with Gasteiger partial charge in [0.15, 0.2) is 9.84 Å². The van der Waals surface area contributed by atoms with Crippen molar-refractivity contribution in [3.63, 3.8) is 0 Å². The van der Waals surface area contributed by atoms with E-state index in [1.807, 2.05) is 37.3 Å². The van der Waals surface area contributed by atoms with Crippen LogP contribution in [0.25, 0.3) is 0 Å². The molecule has 2 aliphatic heterocycles. The lowest BCUT2D eigenvalue weighted by atomic mass is 9.99. The normalized spacial score (nSPS) is 34.7. The SMILES string of the molecule is CC1C(N2CCOCC2)C(c2ccccc2)S1(=O)=O. The van der Waals surface area contributed by atoms with Crippen molar-refractivity contribution in [1.29, 1.82) is 0 Å². The zero-order valence-electron chi connectivity index (χ0n) is 11.0. The Kier molecular flexibility index (Phi) is 3.37. The number of benzene rings is 1. The lowest BCUT2D eigenvalue weighted by molar-refractivity contribution is 0.0105. The highest BCUT2D eigenvalue weighted by molar-refractivity contribution is 7.93. The van der Waals surface area contributed by atoms with E-state index in [-0.39, 0.29) is 16.5 Å². The molecule has 0 bridgehead atoms. The zero-order chi connectivity index (χ0) is 13.5. The van der Waals surface area contributed by atoms with Gasteiger partial charge in [0.2, 0.25) is 0 Å². The minimum absolute atomic E-state index is 0.0938. The van der Waals surface area contributed by atoms with Crippen LogP contribution in [0.3, 0.4) is 0 Å². The van der Waals surface area contributed by atoms with Crippen molar-refractivity contribution >= 4 is 9.84 Å². The first kappa shape index (κ1) is 13.1. The van der Waals surface area contributed by atoms with Crippen molar-refractivity contribution in [3.8, 4) is 0 Å². The third-order valence-corrected chi connectivity index (χ3v) is 6.83. The van der Waals surface area contributed by atoms with Gasteiger partial charge in [0, 0.05) is 19.1 Å². The average molecular weight is 281 g/mol. The van der Waals surface area contributed by atoms with Crippen LogP contribution in [0.5, 0.6) is 0 Å². The number of hydrogen-bond acceptors (Lipinski definition) is 4. The molecule has 3 unspecified atom stereocenters. The summed E-state index contributed by atoms with van der Waals surface area (Å²) < 4.78 is 30.0. The highest BCUT2D eigenvalue weighted by Gasteiger charge is 2.56. The molecule has 0 radical (unpaired) electrons. The molecule has 0 spiro atoms. The summed E-state index contributed by atoms with van der Waals surface area (Å²) in [5, 5.41) is -0.655. The number of ether oxygens (including phenoxy) is 1. The molecule has 2 heterocycles. The van der Waals surface area contributed by atoms with Gasteiger partial charge >= 0.3 is 0 Å². The molecular formula is C14H19NO3S. The van der Waals surface area contributed by atoms with Gasteiger partial charge in [0.05, 0.1) is 18.5 Å². The van der Waals surface area contributed by atoms with E-state index in [2.05, 4.69) is 4.90 Å². The van der Waals surface area contributed by atoms with E-state index in [1.54, 1.807) is 0 Å². The Hall–Kier alpha value is -0.910. The Morgan fingerprint density at radius 2 is 1.79 bits per heavy atom. The summed E-state index contributed by atoms with van der Waals surface area (Å²) in [6, 6.07) is 9.66. The van der Waals surface area contributed by atoms with Gasteiger partial charge in [-0.1, -0.05) is 30.3 Å². The highest BCUT2D eigenvalue weighted by atomic mass is 32.2. The Balaban J connectivity index is 1.91. The fraction of sp³-hybridized carbons (Fsp3) is 0.571. The van der Waals surface area contributed by atoms with Crippen LogP contribution in [-0.2, 0) is 14.6 Å². The maximum absolute atomic E-state index is 12.3. The summed E-state index contributed by atoms with van der Waals surface area (Å²) in [5.74, 6) is 0. The van der Waals surface area contributed by atoms with E-state index < -0.39 is 9.84 Å². The van der Waals surface area contributed by atoms with Crippen LogP contribution in [0.2, 0.25) is 0 Å². The molecule has 2 fully saturated rings. The second-order valence-corrected chi connectivity index (χ2v) is 7.69. The van der Waals surface area contributed by atoms with Crippen LogP contribution in [0.15, 0.2) is 30.3 Å². The number of rotatable bonds is 2. The fourth-order valence-electron chi connectivity index (χ4n) is 3.17. The second-order valence-electron chi connectivity index (χ2n) is 5.26. The molecule has 0 saturated carbocycles. The van der Waals surface area contributed by atoms with Crippen LogP contribution >= 0.6 is 0 Å². The summed E-state index contributed by atoms with van der Waals surface area (Å²) >= 11 is 0. The molecule has 4 nitrogen and oxygen atoms in total. The summed E-state index contributed by atoms with van der Waals surface area (Å²) in [5.41, 5.74) is 0.914. The average Bonchev–Trinajstić information content (AvgIpc) is 2.45. The fourth-order valence-corrected chi connectivity index (χ4v) is 5.41. The van der Waals surface area contributed by atoms with Crippen LogP contribution in [-0.4, -0.2) is 50.9 Å². The van der Waals surface area contributed by atoms with Crippen molar-refractivity contribution < 1.29 is 13.2 Å². The summed E-state index contributed by atoms with van der Waals surface area (Å²) in [7, 11) is -3.04. The molecule has 3 rings (SSSR count). The van der Waals surface area contributed by atoms with Crippen LogP contribution in [0.4, 0.5) is 0 Å². The van der Waals surface area contributed by atoms with E-state index in [1.165, 1.54) is 0 Å². The van der Waals surface area contributed by atoms with Gasteiger partial charge in [-0.05, 0) is 12.5 Å². The third kappa shape index (κ3) is 2.10. The van der Waals surface area contributed by atoms with Crippen LogP contribution in [0, 0.1) is 0 Å². The number of sulfone groups is 1. The quantitative estimate of drug-likeness (QED) is 0.818. The van der Waals surface area contributed by atoms with Crippen LogP contribution in [0.1, 0.15) is 17.7 Å². The minimum Gasteiger partial charge on any atom is -0.379 e. The first-order valence-corrected chi connectivity index (χ1v) is 8.33. The third-order valence-electron chi connectivity index (χ3n) is 4.26. The van der Waals surface area contributed by atoms with Crippen molar-refractivity contribution in [3.05, 3.63) is 35.9 Å². The van der Waals surface area contributed by atoms with Crippen molar-refractivity contribution in [2.45, 2.75) is 23.5 Å². The van der Waals surface area contributed by atoms with E-state index in [9.17, 15) is 8.42 Å². The molecular weight excluding hydrogens is 262 g/mol. The monoisotopic (exact) mass is 281 g/mol. The molecule has 5 heteroatoms. The van der Waals surface area contributed by atoms with Gasteiger partial charge < -0.3 is 4.74 Å². The summed E-state index contributed by atoms with van der Waals surface area (Å²) in [6.45, 7) is 4.88. The molecule has 19 heavy (non-hydrogen) atoms. The highest BCUT2D eigenvalue weighted by Crippen LogP contribution is 2.45. The van der Waals surface area contributed by atoms with Gasteiger partial charge in [-0.25, -0.2) is 8.42 Å². The molecule has 0 aliphatic carbocycles. The lowest BCUT2D eigenvalue weighted by Crippen LogP contribution is -2.62. The van der Waals surface area contributed by atoms with Gasteiger partial charge in [-0.15, -0.1) is 0 Å². The molecule has 0 aromatic heterocycles.